The molecule has 0 atom stereocenters. The number of carbonyl (C=O) groups is 3. The first-order valence-corrected chi connectivity index (χ1v) is 11.8. The molecule has 0 aliphatic carbocycles. The third kappa shape index (κ3) is 12.7. The zero-order chi connectivity index (χ0) is 33.2. The molecule has 0 aromatic carbocycles. The van der Waals surface area contributed by atoms with Gasteiger partial charge in [0.15, 0.2) is 0 Å². The zero-order valence-electron chi connectivity index (χ0n) is 22.0. The van der Waals surface area contributed by atoms with Crippen molar-refractivity contribution < 1.29 is 69.2 Å². The Morgan fingerprint density at radius 2 is 1.28 bits per heavy atom. The van der Waals surface area contributed by atoms with E-state index in [9.17, 15) is 39.5 Å². The normalized spacial score (nSPS) is 15.9. The standard InChI is InChI=1S/C18H22N4.3C2HF3O2/c1-15-4-2-8-20-17(15)22-13-18(14-22)6-9-21(12-18)11-16-5-3-7-19-10-16;3*3-2(4,5)1(6)7/h2-5,7-8,10H,6,9,11-14H2,1H3;3*(H,6,7). The van der Waals surface area contributed by atoms with Crippen LogP contribution in [0.15, 0.2) is 42.9 Å². The first kappa shape index (κ1) is 36.9. The second kappa shape index (κ2) is 14.8. The molecule has 0 radical (unpaired) electrons. The van der Waals surface area contributed by atoms with E-state index in [-0.39, 0.29) is 0 Å². The number of likely N-dealkylation sites (tertiary alicyclic amines) is 1. The maximum atomic E-state index is 10.6. The van der Waals surface area contributed by atoms with E-state index < -0.39 is 36.4 Å². The molecule has 2 aliphatic rings. The van der Waals surface area contributed by atoms with Crippen molar-refractivity contribution in [1.82, 2.24) is 14.9 Å². The molecule has 4 rings (SSSR count). The third-order valence-corrected chi connectivity index (χ3v) is 5.71. The number of nitrogens with zero attached hydrogens (tertiary/aromatic N) is 4. The minimum absolute atomic E-state index is 0.478. The van der Waals surface area contributed by atoms with Gasteiger partial charge in [0.25, 0.3) is 0 Å². The van der Waals surface area contributed by atoms with Crippen LogP contribution in [0.3, 0.4) is 0 Å². The molecule has 2 aliphatic heterocycles. The smallest absolute Gasteiger partial charge is 0.475 e. The molecule has 0 unspecified atom stereocenters. The van der Waals surface area contributed by atoms with E-state index in [0.29, 0.717) is 5.41 Å². The van der Waals surface area contributed by atoms with Crippen molar-refractivity contribution >= 4 is 23.7 Å². The van der Waals surface area contributed by atoms with E-state index in [1.807, 2.05) is 30.7 Å². The van der Waals surface area contributed by atoms with E-state index in [4.69, 9.17) is 29.7 Å². The summed E-state index contributed by atoms with van der Waals surface area (Å²) >= 11 is 0. The van der Waals surface area contributed by atoms with Crippen molar-refractivity contribution in [2.24, 2.45) is 5.41 Å². The summed E-state index contributed by atoms with van der Waals surface area (Å²) in [5.41, 5.74) is 3.07. The van der Waals surface area contributed by atoms with Crippen LogP contribution in [0, 0.1) is 12.3 Å². The maximum Gasteiger partial charge on any atom is 0.490 e. The fraction of sp³-hybridized carbons (Fsp3) is 0.458. The molecule has 1 spiro atoms. The highest BCUT2D eigenvalue weighted by atomic mass is 19.4. The van der Waals surface area contributed by atoms with Gasteiger partial charge >= 0.3 is 36.4 Å². The Labute approximate surface area is 237 Å². The number of aryl methyl sites for hydroxylation is 1. The number of hydrogen-bond donors (Lipinski definition) is 3. The average molecular weight is 636 g/mol. The predicted octanol–water partition coefficient (Wildman–Crippen LogP) is 4.40. The van der Waals surface area contributed by atoms with Gasteiger partial charge in [0, 0.05) is 50.2 Å². The van der Waals surface area contributed by atoms with E-state index in [2.05, 4.69) is 38.8 Å². The van der Waals surface area contributed by atoms with Crippen LogP contribution in [-0.4, -0.2) is 92.8 Å². The molecule has 43 heavy (non-hydrogen) atoms. The lowest BCUT2D eigenvalue weighted by atomic mass is 9.79. The third-order valence-electron chi connectivity index (χ3n) is 5.71. The van der Waals surface area contributed by atoms with Crippen LogP contribution in [0.2, 0.25) is 0 Å². The quantitative estimate of drug-likeness (QED) is 0.415. The fourth-order valence-electron chi connectivity index (χ4n) is 3.89. The minimum atomic E-state index is -5.08. The molecule has 0 saturated carbocycles. The first-order valence-electron chi connectivity index (χ1n) is 11.8. The Hall–Kier alpha value is -4.16. The lowest BCUT2D eigenvalue weighted by Crippen LogP contribution is -2.58. The second-order valence-electron chi connectivity index (χ2n) is 9.23. The molecule has 4 heterocycles. The molecule has 2 aromatic rings. The number of aromatic nitrogens is 2. The molecule has 2 aromatic heterocycles. The molecule has 240 valence electrons. The van der Waals surface area contributed by atoms with Gasteiger partial charge in [0.2, 0.25) is 0 Å². The van der Waals surface area contributed by atoms with Crippen molar-refractivity contribution in [2.45, 2.75) is 38.4 Å². The summed E-state index contributed by atoms with van der Waals surface area (Å²) in [6.07, 6.45) is -8.23. The van der Waals surface area contributed by atoms with Crippen LogP contribution in [-0.2, 0) is 20.9 Å². The topological polar surface area (TPSA) is 144 Å². The highest BCUT2D eigenvalue weighted by Gasteiger charge is 2.48. The van der Waals surface area contributed by atoms with Crippen LogP contribution in [0.1, 0.15) is 17.5 Å². The molecule has 3 N–H and O–H groups in total. The van der Waals surface area contributed by atoms with Gasteiger partial charge in [0.1, 0.15) is 5.82 Å². The molecule has 0 bridgehead atoms. The minimum Gasteiger partial charge on any atom is -0.475 e. The van der Waals surface area contributed by atoms with Crippen molar-refractivity contribution in [1.29, 1.82) is 0 Å². The molecule has 19 heteroatoms. The number of carboxylic acid groups (broad SMARTS) is 3. The second-order valence-corrected chi connectivity index (χ2v) is 9.23. The highest BCUT2D eigenvalue weighted by molar-refractivity contribution is 5.73. The number of pyridine rings is 2. The Kier molecular flexibility index (Phi) is 12.7. The summed E-state index contributed by atoms with van der Waals surface area (Å²) in [6.45, 7) is 7.87. The van der Waals surface area contributed by atoms with Gasteiger partial charge in [0.05, 0.1) is 0 Å². The molecule has 2 fully saturated rings. The van der Waals surface area contributed by atoms with E-state index in [1.54, 1.807) is 0 Å². The summed E-state index contributed by atoms with van der Waals surface area (Å²) < 4.78 is 95.2. The van der Waals surface area contributed by atoms with Gasteiger partial charge in [-0.3, -0.25) is 9.88 Å². The van der Waals surface area contributed by atoms with Gasteiger partial charge in [-0.1, -0.05) is 12.1 Å². The monoisotopic (exact) mass is 636 g/mol. The highest BCUT2D eigenvalue weighted by Crippen LogP contribution is 2.42. The first-order chi connectivity index (χ1) is 19.6. The van der Waals surface area contributed by atoms with Crippen molar-refractivity contribution in [3.05, 3.63) is 54.0 Å². The molecule has 10 nitrogen and oxygen atoms in total. The number of halogens is 9. The van der Waals surface area contributed by atoms with E-state index in [1.165, 1.54) is 36.5 Å². The van der Waals surface area contributed by atoms with Gasteiger partial charge in [-0.05, 0) is 43.1 Å². The summed E-state index contributed by atoms with van der Waals surface area (Å²) in [5.74, 6) is -7.11. The van der Waals surface area contributed by atoms with Crippen LogP contribution in [0.4, 0.5) is 45.3 Å². The lowest BCUT2D eigenvalue weighted by molar-refractivity contribution is -0.193. The number of alkyl halides is 9. The summed E-state index contributed by atoms with van der Waals surface area (Å²) in [5, 5.41) is 21.4. The Balaban J connectivity index is 0.000000363. The fourth-order valence-corrected chi connectivity index (χ4v) is 3.89. The van der Waals surface area contributed by atoms with Gasteiger partial charge in [-0.15, -0.1) is 0 Å². The van der Waals surface area contributed by atoms with Gasteiger partial charge in [-0.25, -0.2) is 19.4 Å². The maximum absolute atomic E-state index is 10.6. The summed E-state index contributed by atoms with van der Waals surface area (Å²) in [7, 11) is 0. The van der Waals surface area contributed by atoms with E-state index >= 15 is 0 Å². The van der Waals surface area contributed by atoms with Crippen molar-refractivity contribution in [3.8, 4) is 0 Å². The van der Waals surface area contributed by atoms with Crippen LogP contribution >= 0.6 is 0 Å². The number of aliphatic carboxylic acids is 3. The molecule has 0 amide bonds. The van der Waals surface area contributed by atoms with E-state index in [0.717, 1.165) is 19.6 Å². The number of carboxylic acids is 3. The van der Waals surface area contributed by atoms with Gasteiger partial charge < -0.3 is 20.2 Å². The van der Waals surface area contributed by atoms with Crippen LogP contribution in [0.25, 0.3) is 0 Å². The van der Waals surface area contributed by atoms with Gasteiger partial charge in [-0.2, -0.15) is 39.5 Å². The summed E-state index contributed by atoms with van der Waals surface area (Å²) in [4.78, 5) is 40.5. The Morgan fingerprint density at radius 3 is 1.67 bits per heavy atom. The van der Waals surface area contributed by atoms with Crippen molar-refractivity contribution in [3.63, 3.8) is 0 Å². The SMILES string of the molecule is Cc1cccnc1N1CC2(CCN(Cc3cccnc3)C2)C1.O=C(O)C(F)(F)F.O=C(O)C(F)(F)F.O=C(O)C(F)(F)F. The van der Waals surface area contributed by atoms with Crippen LogP contribution < -0.4 is 4.90 Å². The van der Waals surface area contributed by atoms with Crippen LogP contribution in [0.5, 0.6) is 0 Å². The average Bonchev–Trinajstić information content (AvgIpc) is 3.28. The lowest BCUT2D eigenvalue weighted by Gasteiger charge is -2.49. The largest absolute Gasteiger partial charge is 0.490 e. The number of anilines is 1. The molecular formula is C24H25F9N4O6. The van der Waals surface area contributed by atoms with Crippen molar-refractivity contribution in [2.75, 3.05) is 31.1 Å². The summed E-state index contributed by atoms with van der Waals surface area (Å²) in [6, 6.07) is 8.36. The number of rotatable bonds is 3. The Morgan fingerprint density at radius 1 is 0.814 bits per heavy atom. The molecular weight excluding hydrogens is 611 g/mol. The Bertz CT molecular complexity index is 1160. The predicted molar refractivity (Wildman–Crippen MR) is 129 cm³/mol. The zero-order valence-corrected chi connectivity index (χ0v) is 22.0. The molecule has 2 saturated heterocycles. The number of hydrogen-bond acceptors (Lipinski definition) is 7.